The molecule has 36 heavy (non-hydrogen) atoms. The van der Waals surface area contributed by atoms with Gasteiger partial charge >= 0.3 is 0 Å². The quantitative estimate of drug-likeness (QED) is 0.228. The molecule has 0 saturated heterocycles. The van der Waals surface area contributed by atoms with Crippen LogP contribution < -0.4 is 0 Å². The first-order chi connectivity index (χ1) is 17.9. The minimum absolute atomic E-state index is 1.22. The fourth-order valence-corrected chi connectivity index (χ4v) is 3.18. The topological polar surface area (TPSA) is 0 Å². The van der Waals surface area contributed by atoms with Crippen LogP contribution >= 0.6 is 0 Å². The highest BCUT2D eigenvalue weighted by molar-refractivity contribution is 5.54. The molecule has 0 aromatic heterocycles. The average Bonchev–Trinajstić information content (AvgIpc) is 2.95. The maximum absolute atomic E-state index is 2.09. The lowest BCUT2D eigenvalue weighted by Gasteiger charge is -1.89. The average molecular weight is 465 g/mol. The lowest BCUT2D eigenvalue weighted by atomic mass is 10.2. The Balaban J connectivity index is 0.000000201. The molecule has 0 nitrogen and oxygen atoms in total. The van der Waals surface area contributed by atoms with Gasteiger partial charge in [0.05, 0.1) is 0 Å². The monoisotopic (exact) mass is 464 g/mol. The van der Waals surface area contributed by atoms with E-state index >= 15 is 0 Å². The first kappa shape index (κ1) is 25.9. The molecule has 0 spiro atoms. The second kappa shape index (κ2) is 16.9. The lowest BCUT2D eigenvalue weighted by Crippen LogP contribution is -1.67. The molecular formula is C36H32. The molecule has 0 aliphatic carbocycles. The Kier molecular flexibility index (Phi) is 12.1. The van der Waals surface area contributed by atoms with Gasteiger partial charge in [-0.25, -0.2) is 0 Å². The molecule has 0 amide bonds. The van der Waals surface area contributed by atoms with E-state index in [0.29, 0.717) is 0 Å². The van der Waals surface area contributed by atoms with Crippen molar-refractivity contribution in [2.45, 2.75) is 0 Å². The van der Waals surface area contributed by atoms with Gasteiger partial charge < -0.3 is 0 Å². The summed E-state index contributed by atoms with van der Waals surface area (Å²) in [5.74, 6) is 0. The summed E-state index contributed by atoms with van der Waals surface area (Å²) < 4.78 is 0. The molecule has 0 N–H and O–H groups in total. The van der Waals surface area contributed by atoms with Gasteiger partial charge in [-0.15, -0.1) is 0 Å². The van der Waals surface area contributed by atoms with E-state index in [2.05, 4.69) is 72.8 Å². The van der Waals surface area contributed by atoms with Crippen molar-refractivity contribution in [1.82, 2.24) is 0 Å². The van der Waals surface area contributed by atoms with Crippen LogP contribution in [0.2, 0.25) is 0 Å². The molecule has 0 bridgehead atoms. The highest BCUT2D eigenvalue weighted by atomic mass is 13.9. The van der Waals surface area contributed by atoms with Crippen molar-refractivity contribution in [3.63, 3.8) is 0 Å². The molecule has 0 saturated carbocycles. The normalized spacial score (nSPS) is 11.8. The van der Waals surface area contributed by atoms with Gasteiger partial charge in [-0.2, -0.15) is 0 Å². The van der Waals surface area contributed by atoms with Crippen LogP contribution in [0.15, 0.2) is 170 Å². The van der Waals surface area contributed by atoms with Crippen LogP contribution in [0.5, 0.6) is 0 Å². The third-order valence-electron chi connectivity index (χ3n) is 5.02. The third-order valence-corrected chi connectivity index (χ3v) is 5.02. The number of hydrogen-bond donors (Lipinski definition) is 0. The van der Waals surface area contributed by atoms with Crippen molar-refractivity contribution in [1.29, 1.82) is 0 Å². The van der Waals surface area contributed by atoms with E-state index in [1.54, 1.807) is 0 Å². The van der Waals surface area contributed by atoms with Crippen LogP contribution in [-0.2, 0) is 0 Å². The zero-order chi connectivity index (χ0) is 24.9. The summed E-state index contributed by atoms with van der Waals surface area (Å²) >= 11 is 0. The Morgan fingerprint density at radius 1 is 0.222 bits per heavy atom. The van der Waals surface area contributed by atoms with Gasteiger partial charge in [0.1, 0.15) is 0 Å². The minimum atomic E-state index is 1.22. The highest BCUT2D eigenvalue weighted by Crippen LogP contribution is 2.04. The number of benzene rings is 4. The molecule has 0 aliphatic rings. The standard InChI is InChI=1S/2C18H16/c2*1(5-11-17-13-7-3-8-14-17)2-6-12-18-15-9-4-10-16-18/h2*1-16H/b2-1+,11-5+,12-6+;. The summed E-state index contributed by atoms with van der Waals surface area (Å²) in [6.45, 7) is 0. The largest absolute Gasteiger partial charge is 0.0622 e. The van der Waals surface area contributed by atoms with E-state index in [0.717, 1.165) is 0 Å². The van der Waals surface area contributed by atoms with Crippen LogP contribution in [0.25, 0.3) is 24.3 Å². The molecule has 0 heterocycles. The number of rotatable bonds is 8. The molecule has 4 rings (SSSR count). The van der Waals surface area contributed by atoms with Crippen molar-refractivity contribution in [3.05, 3.63) is 192 Å². The van der Waals surface area contributed by atoms with Gasteiger partial charge in [0.25, 0.3) is 0 Å². The Morgan fingerprint density at radius 3 is 0.611 bits per heavy atom. The summed E-state index contributed by atoms with van der Waals surface area (Å²) in [7, 11) is 0. The molecule has 0 heteroatoms. The van der Waals surface area contributed by atoms with E-state index in [9.17, 15) is 0 Å². The van der Waals surface area contributed by atoms with Gasteiger partial charge in [-0.05, 0) is 22.3 Å². The Bertz CT molecular complexity index is 1060. The van der Waals surface area contributed by atoms with E-state index < -0.39 is 0 Å². The summed E-state index contributed by atoms with van der Waals surface area (Å²) in [4.78, 5) is 0. The molecular weight excluding hydrogens is 432 g/mol. The first-order valence-electron chi connectivity index (χ1n) is 12.1. The van der Waals surface area contributed by atoms with E-state index in [4.69, 9.17) is 0 Å². The summed E-state index contributed by atoms with van der Waals surface area (Å²) in [5.41, 5.74) is 4.87. The number of hydrogen-bond acceptors (Lipinski definition) is 0. The predicted octanol–water partition coefficient (Wildman–Crippen LogP) is 9.94. The van der Waals surface area contributed by atoms with Crippen LogP contribution in [0.3, 0.4) is 0 Å². The molecule has 0 radical (unpaired) electrons. The second-order valence-corrected chi connectivity index (χ2v) is 7.85. The van der Waals surface area contributed by atoms with Crippen molar-refractivity contribution in [2.24, 2.45) is 0 Å². The van der Waals surface area contributed by atoms with Crippen molar-refractivity contribution in [3.8, 4) is 0 Å². The van der Waals surface area contributed by atoms with E-state index in [1.807, 2.05) is 121 Å². The fourth-order valence-electron chi connectivity index (χ4n) is 3.18. The Hall–Kier alpha value is -4.68. The third kappa shape index (κ3) is 11.4. The molecule has 0 atom stereocenters. The number of allylic oxidation sites excluding steroid dienone is 8. The van der Waals surface area contributed by atoms with E-state index in [1.165, 1.54) is 22.3 Å². The Labute approximate surface area is 216 Å². The van der Waals surface area contributed by atoms with Crippen LogP contribution in [0.1, 0.15) is 22.3 Å². The smallest absolute Gasteiger partial charge is 0.0257 e. The molecule has 4 aromatic rings. The van der Waals surface area contributed by atoms with Crippen molar-refractivity contribution in [2.75, 3.05) is 0 Å². The first-order valence-corrected chi connectivity index (χ1v) is 12.1. The Morgan fingerprint density at radius 2 is 0.417 bits per heavy atom. The molecule has 0 unspecified atom stereocenters. The summed E-state index contributed by atoms with van der Waals surface area (Å²) in [6.07, 6.45) is 24.7. The van der Waals surface area contributed by atoms with Crippen LogP contribution in [0.4, 0.5) is 0 Å². The maximum atomic E-state index is 2.09. The van der Waals surface area contributed by atoms with Crippen molar-refractivity contribution < 1.29 is 0 Å². The van der Waals surface area contributed by atoms with Gasteiger partial charge in [0.15, 0.2) is 0 Å². The van der Waals surface area contributed by atoms with Crippen LogP contribution in [0, 0.1) is 0 Å². The van der Waals surface area contributed by atoms with Gasteiger partial charge in [-0.1, -0.05) is 194 Å². The van der Waals surface area contributed by atoms with Crippen LogP contribution in [-0.4, -0.2) is 0 Å². The summed E-state index contributed by atoms with van der Waals surface area (Å²) in [6, 6.07) is 41.1. The maximum Gasteiger partial charge on any atom is -0.0257 e. The molecule has 176 valence electrons. The van der Waals surface area contributed by atoms with E-state index in [-0.39, 0.29) is 0 Å². The second-order valence-electron chi connectivity index (χ2n) is 7.85. The molecule has 0 fully saturated rings. The molecule has 0 aliphatic heterocycles. The predicted molar refractivity (Wildman–Crippen MR) is 160 cm³/mol. The zero-order valence-electron chi connectivity index (χ0n) is 20.5. The zero-order valence-corrected chi connectivity index (χ0v) is 20.5. The highest BCUT2D eigenvalue weighted by Gasteiger charge is 1.82. The summed E-state index contributed by atoms with van der Waals surface area (Å²) in [5, 5.41) is 0. The molecule has 4 aromatic carbocycles. The van der Waals surface area contributed by atoms with Crippen molar-refractivity contribution >= 4 is 24.3 Å². The minimum Gasteiger partial charge on any atom is -0.0622 e. The lowest BCUT2D eigenvalue weighted by molar-refractivity contribution is 1.66. The van der Waals surface area contributed by atoms with Gasteiger partial charge in [0, 0.05) is 0 Å². The van der Waals surface area contributed by atoms with Gasteiger partial charge in [-0.3, -0.25) is 0 Å². The van der Waals surface area contributed by atoms with Gasteiger partial charge in [0.2, 0.25) is 0 Å². The fraction of sp³-hybridized carbons (Fsp3) is 0. The SMILES string of the molecule is C(=CC=Cc1ccccc1)C=Cc1ccccc1.C(=C\C=C\c1ccccc1)/C=C/c1ccccc1.